The summed E-state index contributed by atoms with van der Waals surface area (Å²) in [5.41, 5.74) is 8.14. The van der Waals surface area contributed by atoms with E-state index in [-0.39, 0.29) is 18.0 Å². The number of hydrogen-bond donors (Lipinski definition) is 2. The van der Waals surface area contributed by atoms with Crippen molar-refractivity contribution in [1.82, 2.24) is 0 Å². The Morgan fingerprint density at radius 3 is 2.12 bits per heavy atom. The Labute approximate surface area is 102 Å². The van der Waals surface area contributed by atoms with Crippen molar-refractivity contribution in [2.24, 2.45) is 11.5 Å². The number of carbonyl (C=O) groups excluding carboxylic acids is 1. The Bertz CT molecular complexity index is 418. The van der Waals surface area contributed by atoms with E-state index in [4.69, 9.17) is 11.5 Å². The van der Waals surface area contributed by atoms with Gasteiger partial charge in [0.25, 0.3) is 0 Å². The van der Waals surface area contributed by atoms with Crippen molar-refractivity contribution >= 4 is 18.3 Å². The zero-order valence-corrected chi connectivity index (χ0v) is 9.73. The Balaban J connectivity index is 0.00000256. The summed E-state index contributed by atoms with van der Waals surface area (Å²) in [6.07, 6.45) is -4.47. The molecule has 0 aliphatic heterocycles. The Morgan fingerprint density at radius 2 is 1.71 bits per heavy atom. The maximum Gasteiger partial charge on any atom is 0.416 e. The van der Waals surface area contributed by atoms with Gasteiger partial charge in [-0.1, -0.05) is 12.1 Å². The van der Waals surface area contributed by atoms with Crippen molar-refractivity contribution in [3.05, 3.63) is 35.4 Å². The summed E-state index contributed by atoms with van der Waals surface area (Å²) >= 11 is 0. The first kappa shape index (κ1) is 15.7. The average Bonchev–Trinajstić information content (AvgIpc) is 2.16. The van der Waals surface area contributed by atoms with Crippen LogP contribution in [0, 0.1) is 0 Å². The molecule has 0 saturated heterocycles. The SMILES string of the molecule is CC(N)(C(N)=O)c1cccc(C(F)(F)F)c1.Cl. The van der Waals surface area contributed by atoms with Gasteiger partial charge in [0, 0.05) is 0 Å². The molecule has 0 fully saturated rings. The lowest BCUT2D eigenvalue weighted by molar-refractivity contribution is -0.137. The van der Waals surface area contributed by atoms with E-state index in [9.17, 15) is 18.0 Å². The second kappa shape index (κ2) is 4.93. The topological polar surface area (TPSA) is 69.1 Å². The van der Waals surface area contributed by atoms with Gasteiger partial charge in [0.1, 0.15) is 5.54 Å². The highest BCUT2D eigenvalue weighted by atomic mass is 35.5. The maximum atomic E-state index is 12.4. The van der Waals surface area contributed by atoms with Crippen molar-refractivity contribution < 1.29 is 18.0 Å². The highest BCUT2D eigenvalue weighted by Crippen LogP contribution is 2.31. The minimum atomic E-state index is -4.47. The van der Waals surface area contributed by atoms with Crippen LogP contribution < -0.4 is 11.5 Å². The lowest BCUT2D eigenvalue weighted by Crippen LogP contribution is -2.46. The third-order valence-electron chi connectivity index (χ3n) is 2.30. The molecule has 7 heteroatoms. The van der Waals surface area contributed by atoms with Crippen LogP contribution in [0.2, 0.25) is 0 Å². The van der Waals surface area contributed by atoms with Crippen LogP contribution in [0.25, 0.3) is 0 Å². The van der Waals surface area contributed by atoms with Crippen molar-refractivity contribution in [3.63, 3.8) is 0 Å². The number of primary amides is 1. The first-order valence-electron chi connectivity index (χ1n) is 4.42. The highest BCUT2D eigenvalue weighted by Gasteiger charge is 2.34. The molecule has 0 aliphatic carbocycles. The third-order valence-corrected chi connectivity index (χ3v) is 2.30. The monoisotopic (exact) mass is 268 g/mol. The van der Waals surface area contributed by atoms with Crippen LogP contribution in [0.5, 0.6) is 0 Å². The minimum Gasteiger partial charge on any atom is -0.368 e. The first-order valence-corrected chi connectivity index (χ1v) is 4.42. The van der Waals surface area contributed by atoms with Gasteiger partial charge in [-0.2, -0.15) is 13.2 Å². The Morgan fingerprint density at radius 1 is 1.24 bits per heavy atom. The number of alkyl halides is 3. The summed E-state index contributed by atoms with van der Waals surface area (Å²) in [6, 6.07) is 4.25. The fourth-order valence-corrected chi connectivity index (χ4v) is 1.16. The van der Waals surface area contributed by atoms with E-state index in [2.05, 4.69) is 0 Å². The maximum absolute atomic E-state index is 12.4. The van der Waals surface area contributed by atoms with Crippen LogP contribution in [0.1, 0.15) is 18.1 Å². The molecule has 96 valence electrons. The Kier molecular flexibility index (Phi) is 4.56. The third kappa shape index (κ3) is 3.34. The number of rotatable bonds is 2. The van der Waals surface area contributed by atoms with E-state index in [1.165, 1.54) is 19.1 Å². The quantitative estimate of drug-likeness (QED) is 0.858. The lowest BCUT2D eigenvalue weighted by atomic mass is 9.91. The summed E-state index contributed by atoms with van der Waals surface area (Å²) in [5, 5.41) is 0. The van der Waals surface area contributed by atoms with Gasteiger partial charge < -0.3 is 11.5 Å². The second-order valence-corrected chi connectivity index (χ2v) is 3.65. The molecule has 17 heavy (non-hydrogen) atoms. The molecular weight excluding hydrogens is 257 g/mol. The molecule has 0 aromatic heterocycles. The van der Waals surface area contributed by atoms with Crippen LogP contribution >= 0.6 is 12.4 Å². The molecule has 1 amide bonds. The van der Waals surface area contributed by atoms with Gasteiger partial charge in [0.15, 0.2) is 0 Å². The number of halogens is 4. The van der Waals surface area contributed by atoms with Crippen molar-refractivity contribution in [1.29, 1.82) is 0 Å². The summed E-state index contributed by atoms with van der Waals surface area (Å²) < 4.78 is 37.2. The molecule has 0 spiro atoms. The second-order valence-electron chi connectivity index (χ2n) is 3.65. The van der Waals surface area contributed by atoms with Gasteiger partial charge in [0.2, 0.25) is 5.91 Å². The van der Waals surface area contributed by atoms with Gasteiger partial charge in [0.05, 0.1) is 5.56 Å². The minimum absolute atomic E-state index is 0. The van der Waals surface area contributed by atoms with Gasteiger partial charge in [-0.3, -0.25) is 4.79 Å². The highest BCUT2D eigenvalue weighted by molar-refractivity contribution is 5.85. The zero-order valence-electron chi connectivity index (χ0n) is 8.91. The van der Waals surface area contributed by atoms with Crippen molar-refractivity contribution in [2.45, 2.75) is 18.6 Å². The number of benzene rings is 1. The van der Waals surface area contributed by atoms with Crippen molar-refractivity contribution in [2.75, 3.05) is 0 Å². The summed E-state index contributed by atoms with van der Waals surface area (Å²) in [4.78, 5) is 11.0. The molecule has 1 unspecified atom stereocenters. The molecule has 1 atom stereocenters. The number of hydrogen-bond acceptors (Lipinski definition) is 2. The fraction of sp³-hybridized carbons (Fsp3) is 0.300. The number of amides is 1. The van der Waals surface area contributed by atoms with Crippen LogP contribution in [-0.2, 0) is 16.5 Å². The lowest BCUT2D eigenvalue weighted by Gasteiger charge is -2.21. The van der Waals surface area contributed by atoms with E-state index in [0.717, 1.165) is 12.1 Å². The normalized spacial score (nSPS) is 14.6. The van der Waals surface area contributed by atoms with Gasteiger partial charge in [-0.05, 0) is 24.6 Å². The van der Waals surface area contributed by atoms with Crippen LogP contribution in [0.4, 0.5) is 13.2 Å². The smallest absolute Gasteiger partial charge is 0.368 e. The van der Waals surface area contributed by atoms with E-state index in [1.54, 1.807) is 0 Å². The largest absolute Gasteiger partial charge is 0.416 e. The molecule has 0 radical (unpaired) electrons. The molecule has 1 rings (SSSR count). The van der Waals surface area contributed by atoms with E-state index < -0.39 is 23.2 Å². The van der Waals surface area contributed by atoms with Gasteiger partial charge in [-0.25, -0.2) is 0 Å². The molecule has 0 aliphatic rings. The summed E-state index contributed by atoms with van der Waals surface area (Å²) in [5.74, 6) is -0.883. The predicted molar refractivity (Wildman–Crippen MR) is 59.4 cm³/mol. The number of nitrogens with two attached hydrogens (primary N) is 2. The molecule has 0 bridgehead atoms. The molecule has 0 heterocycles. The summed E-state index contributed by atoms with van der Waals surface area (Å²) in [7, 11) is 0. The molecular formula is C10H12ClF3N2O. The zero-order chi connectivity index (χ0) is 12.6. The molecule has 1 aromatic rings. The molecule has 0 saturated carbocycles. The Hall–Kier alpha value is -1.27. The molecule has 1 aromatic carbocycles. The van der Waals surface area contributed by atoms with Crippen LogP contribution in [0.15, 0.2) is 24.3 Å². The van der Waals surface area contributed by atoms with E-state index in [0.29, 0.717) is 0 Å². The van der Waals surface area contributed by atoms with Crippen molar-refractivity contribution in [3.8, 4) is 0 Å². The average molecular weight is 269 g/mol. The summed E-state index contributed by atoms with van der Waals surface area (Å²) in [6.45, 7) is 1.27. The predicted octanol–water partition coefficient (Wildman–Crippen LogP) is 1.79. The standard InChI is InChI=1S/C10H11F3N2O.ClH/c1-9(15,8(14)16)6-3-2-4-7(5-6)10(11,12)13;/h2-5H,15H2,1H3,(H2,14,16);1H. The van der Waals surface area contributed by atoms with Gasteiger partial charge >= 0.3 is 6.18 Å². The molecule has 4 N–H and O–H groups in total. The van der Waals surface area contributed by atoms with Crippen LogP contribution in [-0.4, -0.2) is 5.91 Å². The number of carbonyl (C=O) groups is 1. The molecule has 3 nitrogen and oxygen atoms in total. The first-order chi connectivity index (χ1) is 7.15. The van der Waals surface area contributed by atoms with Crippen LogP contribution in [0.3, 0.4) is 0 Å². The van der Waals surface area contributed by atoms with E-state index >= 15 is 0 Å². The fourth-order valence-electron chi connectivity index (χ4n) is 1.16. The van der Waals surface area contributed by atoms with Gasteiger partial charge in [-0.15, -0.1) is 12.4 Å². The van der Waals surface area contributed by atoms with E-state index in [1.807, 2.05) is 0 Å².